The zero-order chi connectivity index (χ0) is 15.6. The van der Waals surface area contributed by atoms with Gasteiger partial charge >= 0.3 is 5.69 Å². The molecule has 6 heteroatoms. The van der Waals surface area contributed by atoms with Crippen LogP contribution in [0.1, 0.15) is 29.7 Å². The fourth-order valence-corrected chi connectivity index (χ4v) is 2.20. The molecule has 0 aliphatic heterocycles. The minimum atomic E-state index is -0.610. The summed E-state index contributed by atoms with van der Waals surface area (Å²) >= 11 is 0. The van der Waals surface area contributed by atoms with Gasteiger partial charge in [-0.25, -0.2) is 4.79 Å². The molecule has 6 nitrogen and oxygen atoms in total. The molecule has 3 N–H and O–H groups in total. The minimum absolute atomic E-state index is 0.0695. The molecule has 0 spiro atoms. The largest absolute Gasteiger partial charge is 0.326 e. The molecule has 0 aliphatic carbocycles. The lowest BCUT2D eigenvalue weighted by Crippen LogP contribution is -2.30. The normalized spacial score (nSPS) is 12.0. The smallest absolute Gasteiger partial charge is 0.320 e. The second-order valence-electron chi connectivity index (χ2n) is 4.98. The highest BCUT2D eigenvalue weighted by Crippen LogP contribution is 2.20. The molecule has 1 unspecified atom stereocenters. The Morgan fingerprint density at radius 3 is 2.43 bits per heavy atom. The number of hydrogen-bond acceptors (Lipinski definition) is 3. The van der Waals surface area contributed by atoms with Gasteiger partial charge in [-0.05, 0) is 31.9 Å². The van der Waals surface area contributed by atoms with Crippen molar-refractivity contribution in [3.05, 3.63) is 61.9 Å². The quantitative estimate of drug-likeness (QED) is 0.796. The van der Waals surface area contributed by atoms with Crippen molar-refractivity contribution in [1.29, 1.82) is 0 Å². The fraction of sp³-hybridized carbons (Fsp3) is 0.267. The molecule has 21 heavy (non-hydrogen) atoms. The third-order valence-corrected chi connectivity index (χ3v) is 3.43. The van der Waals surface area contributed by atoms with Crippen LogP contribution < -0.4 is 16.6 Å². The molecule has 1 heterocycles. The second kappa shape index (κ2) is 5.78. The van der Waals surface area contributed by atoms with Crippen LogP contribution in [-0.2, 0) is 4.79 Å². The number of carbonyl (C=O) groups excluding carboxylic acids is 1. The van der Waals surface area contributed by atoms with Gasteiger partial charge in [0, 0.05) is 5.69 Å². The molecule has 1 aromatic heterocycles. The standard InChI is InChI=1S/C15H17N3O3/c1-8-6-4-5-7-11(8)9(2)13(19)17-12-10(3)16-15(21)18-14(12)20/h4-7,9H,1-3H3,(H,17,19)(H2,16,18,20,21). The first-order valence-electron chi connectivity index (χ1n) is 6.59. The summed E-state index contributed by atoms with van der Waals surface area (Å²) in [4.78, 5) is 39.7. The van der Waals surface area contributed by atoms with Crippen molar-refractivity contribution in [2.45, 2.75) is 26.7 Å². The van der Waals surface area contributed by atoms with Gasteiger partial charge < -0.3 is 10.3 Å². The van der Waals surface area contributed by atoms with Crippen LogP contribution in [0.15, 0.2) is 33.9 Å². The third kappa shape index (κ3) is 3.10. The Labute approximate surface area is 121 Å². The van der Waals surface area contributed by atoms with Crippen molar-refractivity contribution in [2.75, 3.05) is 5.32 Å². The summed E-state index contributed by atoms with van der Waals surface area (Å²) in [6.07, 6.45) is 0. The van der Waals surface area contributed by atoms with Gasteiger partial charge in [-0.1, -0.05) is 24.3 Å². The summed E-state index contributed by atoms with van der Waals surface area (Å²) in [5, 5.41) is 2.58. The van der Waals surface area contributed by atoms with Crippen molar-refractivity contribution in [3.8, 4) is 0 Å². The number of hydrogen-bond donors (Lipinski definition) is 3. The molecule has 1 amide bonds. The van der Waals surface area contributed by atoms with Crippen LogP contribution >= 0.6 is 0 Å². The molecule has 0 aliphatic rings. The van der Waals surface area contributed by atoms with Crippen LogP contribution in [0.5, 0.6) is 0 Å². The molecule has 2 aromatic rings. The number of amides is 1. The van der Waals surface area contributed by atoms with Crippen LogP contribution in [0.2, 0.25) is 0 Å². The van der Waals surface area contributed by atoms with E-state index in [1.807, 2.05) is 31.2 Å². The lowest BCUT2D eigenvalue weighted by Gasteiger charge is -2.15. The molecule has 1 aromatic carbocycles. The Balaban J connectivity index is 2.29. The molecule has 0 fully saturated rings. The average Bonchev–Trinajstić information content (AvgIpc) is 2.42. The van der Waals surface area contributed by atoms with E-state index in [0.29, 0.717) is 5.69 Å². The average molecular weight is 287 g/mol. The van der Waals surface area contributed by atoms with Crippen LogP contribution in [-0.4, -0.2) is 15.9 Å². The maximum atomic E-state index is 12.3. The maximum absolute atomic E-state index is 12.3. The van der Waals surface area contributed by atoms with Crippen LogP contribution in [0.25, 0.3) is 0 Å². The Morgan fingerprint density at radius 1 is 1.14 bits per heavy atom. The lowest BCUT2D eigenvalue weighted by molar-refractivity contribution is -0.117. The molecule has 0 radical (unpaired) electrons. The maximum Gasteiger partial charge on any atom is 0.326 e. The first-order chi connectivity index (χ1) is 9.90. The van der Waals surface area contributed by atoms with Gasteiger partial charge in [-0.3, -0.25) is 14.6 Å². The van der Waals surface area contributed by atoms with Gasteiger partial charge in [0.25, 0.3) is 5.56 Å². The first-order valence-corrected chi connectivity index (χ1v) is 6.59. The van der Waals surface area contributed by atoms with E-state index in [-0.39, 0.29) is 11.6 Å². The highest BCUT2D eigenvalue weighted by Gasteiger charge is 2.19. The second-order valence-corrected chi connectivity index (χ2v) is 4.98. The molecular formula is C15H17N3O3. The van der Waals surface area contributed by atoms with Crippen molar-refractivity contribution in [3.63, 3.8) is 0 Å². The van der Waals surface area contributed by atoms with Crippen molar-refractivity contribution in [1.82, 2.24) is 9.97 Å². The number of carbonyl (C=O) groups is 1. The third-order valence-electron chi connectivity index (χ3n) is 3.43. The summed E-state index contributed by atoms with van der Waals surface area (Å²) in [5.74, 6) is -0.707. The van der Waals surface area contributed by atoms with Crippen molar-refractivity contribution in [2.24, 2.45) is 0 Å². The summed E-state index contributed by atoms with van der Waals surface area (Å²) in [5.41, 5.74) is 1.10. The van der Waals surface area contributed by atoms with E-state index < -0.39 is 17.2 Å². The predicted molar refractivity (Wildman–Crippen MR) is 80.6 cm³/mol. The molecule has 1 atom stereocenters. The molecule has 0 saturated carbocycles. The Hall–Kier alpha value is -2.63. The summed E-state index contributed by atoms with van der Waals surface area (Å²) < 4.78 is 0. The van der Waals surface area contributed by atoms with Gasteiger partial charge in [0.2, 0.25) is 5.91 Å². The lowest BCUT2D eigenvalue weighted by atomic mass is 9.96. The van der Waals surface area contributed by atoms with E-state index in [2.05, 4.69) is 15.3 Å². The predicted octanol–water partition coefficient (Wildman–Crippen LogP) is 1.42. The molecule has 2 rings (SSSR count). The van der Waals surface area contributed by atoms with E-state index in [9.17, 15) is 14.4 Å². The van der Waals surface area contributed by atoms with Crippen molar-refractivity contribution >= 4 is 11.6 Å². The summed E-state index contributed by atoms with van der Waals surface area (Å²) in [6.45, 7) is 5.26. The Kier molecular flexibility index (Phi) is 4.07. The SMILES string of the molecule is Cc1ccccc1C(C)C(=O)Nc1c(C)[nH]c(=O)[nH]c1=O. The number of anilines is 1. The molecule has 0 saturated heterocycles. The van der Waals surface area contributed by atoms with E-state index in [4.69, 9.17) is 0 Å². The number of aryl methyl sites for hydroxylation is 2. The zero-order valence-electron chi connectivity index (χ0n) is 12.1. The van der Waals surface area contributed by atoms with Gasteiger partial charge in [-0.2, -0.15) is 0 Å². The van der Waals surface area contributed by atoms with Gasteiger partial charge in [0.15, 0.2) is 0 Å². The van der Waals surface area contributed by atoms with Crippen LogP contribution in [0, 0.1) is 13.8 Å². The Bertz CT molecular complexity index is 789. The van der Waals surface area contributed by atoms with Gasteiger partial charge in [0.05, 0.1) is 5.92 Å². The Morgan fingerprint density at radius 2 is 1.81 bits per heavy atom. The van der Waals surface area contributed by atoms with Crippen LogP contribution in [0.4, 0.5) is 5.69 Å². The van der Waals surface area contributed by atoms with E-state index in [1.54, 1.807) is 13.8 Å². The monoisotopic (exact) mass is 287 g/mol. The summed E-state index contributed by atoms with van der Waals surface area (Å²) in [6, 6.07) is 7.57. The molecule has 110 valence electrons. The highest BCUT2D eigenvalue weighted by molar-refractivity contribution is 5.96. The van der Waals surface area contributed by atoms with Crippen LogP contribution in [0.3, 0.4) is 0 Å². The minimum Gasteiger partial charge on any atom is -0.320 e. The highest BCUT2D eigenvalue weighted by atomic mass is 16.2. The van der Waals surface area contributed by atoms with E-state index in [1.165, 1.54) is 0 Å². The number of benzene rings is 1. The topological polar surface area (TPSA) is 94.8 Å². The number of rotatable bonds is 3. The number of aromatic nitrogens is 2. The molecule has 0 bridgehead atoms. The van der Waals surface area contributed by atoms with Crippen molar-refractivity contribution < 1.29 is 4.79 Å². The number of aromatic amines is 2. The van der Waals surface area contributed by atoms with Gasteiger partial charge in [0.1, 0.15) is 5.69 Å². The van der Waals surface area contributed by atoms with E-state index in [0.717, 1.165) is 11.1 Å². The summed E-state index contributed by atoms with van der Waals surface area (Å²) in [7, 11) is 0. The molecular weight excluding hydrogens is 270 g/mol. The fourth-order valence-electron chi connectivity index (χ4n) is 2.20. The number of nitrogens with one attached hydrogen (secondary N) is 3. The number of H-pyrrole nitrogens is 2. The first kappa shape index (κ1) is 14.8. The van der Waals surface area contributed by atoms with Gasteiger partial charge in [-0.15, -0.1) is 0 Å². The zero-order valence-corrected chi connectivity index (χ0v) is 12.1. The van der Waals surface area contributed by atoms with E-state index >= 15 is 0 Å².